The van der Waals surface area contributed by atoms with Gasteiger partial charge in [0.25, 0.3) is 11.1 Å². The van der Waals surface area contributed by atoms with Gasteiger partial charge in [0, 0.05) is 14.1 Å². The van der Waals surface area contributed by atoms with E-state index in [2.05, 4.69) is 41.8 Å². The van der Waals surface area contributed by atoms with Crippen molar-refractivity contribution < 1.29 is 1.37 Å². The van der Waals surface area contributed by atoms with Crippen LogP contribution in [-0.4, -0.2) is 15.5 Å². The maximum atomic E-state index is 11.7. The number of aromatic nitrogens is 2. The van der Waals surface area contributed by atoms with Gasteiger partial charge in [-0.25, -0.2) is 9.36 Å². The van der Waals surface area contributed by atoms with E-state index in [9.17, 15) is 9.59 Å². The smallest absolute Gasteiger partial charge is 0.290 e. The lowest BCUT2D eigenvalue weighted by Crippen LogP contribution is -2.35. The minimum absolute atomic E-state index is 0.0761. The van der Waals surface area contributed by atoms with Crippen LogP contribution in [-0.2, 0) is 20.5 Å². The van der Waals surface area contributed by atoms with Crippen molar-refractivity contribution in [2.75, 3.05) is 10.6 Å². The molecule has 0 atom stereocenters. The van der Waals surface area contributed by atoms with Crippen molar-refractivity contribution in [2.24, 2.45) is 14.1 Å². The number of aryl methyl sites for hydroxylation is 1. The molecule has 28 heavy (non-hydrogen) atoms. The van der Waals surface area contributed by atoms with Crippen molar-refractivity contribution in [2.45, 2.75) is 26.4 Å². The molecule has 0 bridgehead atoms. The number of anilines is 2. The molecule has 0 aliphatic carbocycles. The van der Waals surface area contributed by atoms with Crippen LogP contribution in [0.2, 0.25) is 0 Å². The quantitative estimate of drug-likeness (QED) is 0.718. The summed E-state index contributed by atoms with van der Waals surface area (Å²) in [4.78, 5) is 23.4. The highest BCUT2D eigenvalue weighted by Gasteiger charge is 2.23. The van der Waals surface area contributed by atoms with E-state index in [1.54, 1.807) is 14.1 Å². The average molecular weight is 379 g/mol. The Labute approximate surface area is 165 Å². The lowest BCUT2D eigenvalue weighted by atomic mass is 10.0. The van der Waals surface area contributed by atoms with E-state index < -0.39 is 0 Å². The first-order valence-corrected chi connectivity index (χ1v) is 9.31. The highest BCUT2D eigenvalue weighted by atomic mass is 16.2. The molecule has 2 N–H and O–H groups in total. The molecular formula is C22H26N4O2. The third kappa shape index (κ3) is 3.86. The fourth-order valence-electron chi connectivity index (χ4n) is 3.04. The Balaban J connectivity index is 0.000000166. The number of hydrogen-bond acceptors (Lipinski definition) is 4. The molecule has 146 valence electrons. The third-order valence-corrected chi connectivity index (χ3v) is 4.82. The monoisotopic (exact) mass is 379 g/mol. The molecule has 0 saturated carbocycles. The Hall–Kier alpha value is -3.28. The molecule has 1 aromatic heterocycles. The molecule has 0 unspecified atom stereocenters. The van der Waals surface area contributed by atoms with Crippen LogP contribution in [0.1, 0.15) is 20.8 Å². The summed E-state index contributed by atoms with van der Waals surface area (Å²) in [6, 6.07) is 16.7. The van der Waals surface area contributed by atoms with E-state index in [0.29, 0.717) is 17.4 Å². The molecule has 0 amide bonds. The van der Waals surface area contributed by atoms with E-state index >= 15 is 0 Å². The van der Waals surface area contributed by atoms with Gasteiger partial charge >= 0.3 is 0 Å². The summed E-state index contributed by atoms with van der Waals surface area (Å²) in [6.07, 6.45) is 0.982. The summed E-state index contributed by atoms with van der Waals surface area (Å²) >= 11 is 0. The van der Waals surface area contributed by atoms with E-state index in [4.69, 9.17) is 1.37 Å². The largest absolute Gasteiger partial charge is 0.359 e. The topological polar surface area (TPSA) is 68.1 Å². The Morgan fingerprint density at radius 1 is 0.893 bits per heavy atom. The minimum atomic E-state index is -0.195. The Morgan fingerprint density at radius 2 is 1.46 bits per heavy atom. The highest BCUT2D eigenvalue weighted by Crippen LogP contribution is 2.20. The number of nitrogens with zero attached hydrogens (tertiary/aromatic N) is 2. The van der Waals surface area contributed by atoms with Gasteiger partial charge in [-0.3, -0.25) is 9.59 Å². The zero-order chi connectivity index (χ0) is 21.1. The minimum Gasteiger partial charge on any atom is -0.359 e. The molecule has 2 aromatic carbocycles. The fraction of sp³-hybridized carbons (Fsp3) is 0.273. The standard InChI is InChI=1S/C14H14.C8H12N4O2/c1-2-12-8-10-14(11-9-12)13-6-4-3-5-7-13;1-4-9-5-6(10-4)8(14)12(3)11(2)7(5)13/h3-11H,2H2,1H3;4,9-10H,1-3H3/i6D;. The van der Waals surface area contributed by atoms with Gasteiger partial charge in [-0.05, 0) is 30.0 Å². The molecule has 2 heterocycles. The van der Waals surface area contributed by atoms with Gasteiger partial charge in [-0.15, -0.1) is 0 Å². The second kappa shape index (κ2) is 8.17. The first-order valence-electron chi connectivity index (χ1n) is 9.81. The average Bonchev–Trinajstić information content (AvgIpc) is 3.13. The van der Waals surface area contributed by atoms with Gasteiger partial charge in [0.2, 0.25) is 0 Å². The second-order valence-electron chi connectivity index (χ2n) is 6.74. The van der Waals surface area contributed by atoms with Gasteiger partial charge in [-0.1, -0.05) is 61.5 Å². The van der Waals surface area contributed by atoms with Crippen LogP contribution in [0.5, 0.6) is 0 Å². The van der Waals surface area contributed by atoms with Crippen molar-refractivity contribution in [1.29, 1.82) is 0 Å². The van der Waals surface area contributed by atoms with Crippen LogP contribution >= 0.6 is 0 Å². The number of fused-ring (bicyclic) bond motifs is 1. The van der Waals surface area contributed by atoms with E-state index in [1.807, 2.05) is 31.2 Å². The molecule has 0 spiro atoms. The first kappa shape index (κ1) is 18.1. The Bertz CT molecular complexity index is 1090. The van der Waals surface area contributed by atoms with Crippen molar-refractivity contribution in [3.8, 4) is 11.1 Å². The molecule has 6 nitrogen and oxygen atoms in total. The van der Waals surface area contributed by atoms with E-state index in [1.165, 1.54) is 14.9 Å². The summed E-state index contributed by atoms with van der Waals surface area (Å²) in [5.74, 6) is 0. The number of hydrogen-bond donors (Lipinski definition) is 2. The SMILES string of the molecule is CC1Nc2c(c(=O)n(C)n(C)c2=O)N1.[2H]c1ccccc1-c1ccc(CC)cc1. The first-order chi connectivity index (χ1) is 13.8. The summed E-state index contributed by atoms with van der Waals surface area (Å²) in [5, 5.41) is 5.83. The molecular weight excluding hydrogens is 352 g/mol. The maximum Gasteiger partial charge on any atom is 0.290 e. The van der Waals surface area contributed by atoms with Crippen molar-refractivity contribution in [3.05, 3.63) is 80.8 Å². The van der Waals surface area contributed by atoms with Gasteiger partial charge in [0.1, 0.15) is 11.4 Å². The molecule has 1 aliphatic heterocycles. The van der Waals surface area contributed by atoms with Crippen molar-refractivity contribution in [3.63, 3.8) is 0 Å². The lowest BCUT2D eigenvalue weighted by molar-refractivity contribution is 0.538. The van der Waals surface area contributed by atoms with Crippen LogP contribution in [0.4, 0.5) is 11.4 Å². The van der Waals surface area contributed by atoms with E-state index in [-0.39, 0.29) is 17.3 Å². The number of benzene rings is 2. The molecule has 0 radical (unpaired) electrons. The molecule has 4 rings (SSSR count). The fourth-order valence-corrected chi connectivity index (χ4v) is 3.04. The third-order valence-electron chi connectivity index (χ3n) is 4.82. The van der Waals surface area contributed by atoms with E-state index in [0.717, 1.165) is 17.5 Å². The molecule has 0 fully saturated rings. The van der Waals surface area contributed by atoms with Gasteiger partial charge in [0.05, 0.1) is 7.54 Å². The van der Waals surface area contributed by atoms with Gasteiger partial charge in [-0.2, -0.15) is 0 Å². The number of rotatable bonds is 2. The predicted octanol–water partition coefficient (Wildman–Crippen LogP) is 3.18. The van der Waals surface area contributed by atoms with Crippen LogP contribution in [0.3, 0.4) is 0 Å². The summed E-state index contributed by atoms with van der Waals surface area (Å²) in [6.45, 7) is 3.99. The van der Waals surface area contributed by atoms with Crippen LogP contribution < -0.4 is 21.8 Å². The lowest BCUT2D eigenvalue weighted by Gasteiger charge is -2.07. The second-order valence-corrected chi connectivity index (χ2v) is 6.74. The zero-order valence-corrected chi connectivity index (χ0v) is 16.6. The predicted molar refractivity (Wildman–Crippen MR) is 115 cm³/mol. The van der Waals surface area contributed by atoms with Crippen LogP contribution in [0.15, 0.2) is 64.2 Å². The normalized spacial score (nSPS) is 12.9. The Morgan fingerprint density at radius 3 is 1.96 bits per heavy atom. The molecule has 3 aromatic rings. The maximum absolute atomic E-state index is 11.7. The summed E-state index contributed by atoms with van der Waals surface area (Å²) in [5.41, 5.74) is 3.79. The molecule has 1 aliphatic rings. The van der Waals surface area contributed by atoms with Crippen LogP contribution in [0, 0.1) is 0 Å². The summed E-state index contributed by atoms with van der Waals surface area (Å²) < 4.78 is 10.4. The van der Waals surface area contributed by atoms with Crippen molar-refractivity contribution >= 4 is 11.4 Å². The van der Waals surface area contributed by atoms with Crippen molar-refractivity contribution in [1.82, 2.24) is 9.36 Å². The zero-order valence-electron chi connectivity index (χ0n) is 17.6. The van der Waals surface area contributed by atoms with Crippen LogP contribution in [0.25, 0.3) is 11.1 Å². The molecule has 6 heteroatoms. The Kier molecular flexibility index (Phi) is 5.28. The van der Waals surface area contributed by atoms with Gasteiger partial charge < -0.3 is 10.6 Å². The van der Waals surface area contributed by atoms with Gasteiger partial charge in [0.15, 0.2) is 0 Å². The summed E-state index contributed by atoms with van der Waals surface area (Å²) in [7, 11) is 3.13. The molecule has 0 saturated heterocycles. The highest BCUT2D eigenvalue weighted by molar-refractivity contribution is 5.72. The number of nitrogens with one attached hydrogen (secondary N) is 2.